The summed E-state index contributed by atoms with van der Waals surface area (Å²) in [7, 11) is 0. The minimum Gasteiger partial charge on any atom is -0.466 e. The predicted octanol–water partition coefficient (Wildman–Crippen LogP) is 21.5. The van der Waals surface area contributed by atoms with Gasteiger partial charge in [-0.25, -0.2) is 0 Å². The van der Waals surface area contributed by atoms with Gasteiger partial charge in [-0.1, -0.05) is 326 Å². The number of allylic oxidation sites excluding steroid dienone is 5. The van der Waals surface area contributed by atoms with E-state index in [1.54, 1.807) is 6.08 Å². The number of aliphatic hydroxyl groups excluding tert-OH is 2. The van der Waals surface area contributed by atoms with Gasteiger partial charge in [-0.15, -0.1) is 0 Å². The number of ether oxygens (including phenoxy) is 1. The van der Waals surface area contributed by atoms with Crippen molar-refractivity contribution in [2.45, 2.75) is 379 Å². The summed E-state index contributed by atoms with van der Waals surface area (Å²) in [5, 5.41) is 23.1. The van der Waals surface area contributed by atoms with E-state index in [2.05, 4.69) is 43.5 Å². The number of carbonyl (C=O) groups excluding carboxylic acids is 2. The van der Waals surface area contributed by atoms with Crippen molar-refractivity contribution in [1.29, 1.82) is 0 Å². The largest absolute Gasteiger partial charge is 0.466 e. The Kier molecular flexibility index (Phi) is 63.0. The van der Waals surface area contributed by atoms with Crippen LogP contribution < -0.4 is 5.32 Å². The number of aliphatic hydroxyl groups is 2. The van der Waals surface area contributed by atoms with E-state index in [1.165, 1.54) is 289 Å². The Labute approximate surface area is 468 Å². The van der Waals surface area contributed by atoms with Crippen LogP contribution in [0.2, 0.25) is 0 Å². The van der Waals surface area contributed by atoms with Crippen LogP contribution in [-0.4, -0.2) is 47.4 Å². The molecule has 0 bridgehead atoms. The maximum Gasteiger partial charge on any atom is 0.305 e. The molecule has 75 heavy (non-hydrogen) atoms. The van der Waals surface area contributed by atoms with E-state index >= 15 is 0 Å². The number of amides is 1. The molecule has 0 aliphatic carbocycles. The van der Waals surface area contributed by atoms with E-state index in [0.29, 0.717) is 19.4 Å². The van der Waals surface area contributed by atoms with Gasteiger partial charge in [0.05, 0.1) is 25.4 Å². The summed E-state index contributed by atoms with van der Waals surface area (Å²) < 4.78 is 5.51. The third-order valence-electron chi connectivity index (χ3n) is 15.7. The molecule has 1 amide bonds. The molecule has 2 atom stereocenters. The topological polar surface area (TPSA) is 95.9 Å². The number of hydrogen-bond donors (Lipinski definition) is 3. The van der Waals surface area contributed by atoms with Gasteiger partial charge in [0.1, 0.15) is 0 Å². The van der Waals surface area contributed by atoms with Gasteiger partial charge >= 0.3 is 5.97 Å². The van der Waals surface area contributed by atoms with Gasteiger partial charge in [-0.2, -0.15) is 0 Å². The highest BCUT2D eigenvalue weighted by Gasteiger charge is 2.18. The average Bonchev–Trinajstić information content (AvgIpc) is 3.41. The molecular weight excluding hydrogens is 923 g/mol. The normalized spacial score (nSPS) is 12.7. The van der Waals surface area contributed by atoms with Gasteiger partial charge in [0.2, 0.25) is 5.91 Å². The zero-order valence-corrected chi connectivity index (χ0v) is 50.5. The van der Waals surface area contributed by atoms with Crippen molar-refractivity contribution in [2.75, 3.05) is 13.2 Å². The molecule has 0 aromatic carbocycles. The third-order valence-corrected chi connectivity index (χ3v) is 15.7. The first kappa shape index (κ1) is 73.1. The quantitative estimate of drug-likeness (QED) is 0.0320. The molecule has 0 fully saturated rings. The second kappa shape index (κ2) is 64.6. The minimum atomic E-state index is -0.843. The van der Waals surface area contributed by atoms with E-state index in [-0.39, 0.29) is 18.5 Å². The zero-order chi connectivity index (χ0) is 54.3. The Morgan fingerprint density at radius 2 is 0.667 bits per heavy atom. The molecule has 6 heteroatoms. The van der Waals surface area contributed by atoms with Crippen LogP contribution in [0.3, 0.4) is 0 Å². The Balaban J connectivity index is 3.36. The van der Waals surface area contributed by atoms with E-state index in [4.69, 9.17) is 4.74 Å². The molecule has 2 unspecified atom stereocenters. The number of hydrogen-bond acceptors (Lipinski definition) is 5. The fourth-order valence-electron chi connectivity index (χ4n) is 10.5. The molecular formula is C69H131NO5. The standard InChI is InChI=1S/C69H131NO5/c1-3-5-7-9-11-13-15-17-19-20-28-32-35-39-43-47-51-55-59-63-69(74)75-64-60-56-52-48-44-40-36-33-30-27-25-23-21-22-24-26-29-31-34-38-42-46-50-54-58-62-68(73)70-66(65-71)67(72)61-57-53-49-45-41-37-18-16-14-12-10-8-6-4-2/h11,13,17,19,57,61,66-67,71-72H,3-10,12,14-16,18,20-56,58-60,62-65H2,1-2H3,(H,70,73)/b13-11-,19-17-,61-57+. The SMILES string of the molecule is CCCCC/C=C\C/C=C\CCCCCCCCCCCC(=O)OCCCCCCCCCCCCCCCCCCCCCCCCCCCC(=O)NC(CO)C(O)/C=C/CCCCCCCCCCCCCC. The third kappa shape index (κ3) is 61.2. The van der Waals surface area contributed by atoms with Crippen LogP contribution in [0.4, 0.5) is 0 Å². The lowest BCUT2D eigenvalue weighted by molar-refractivity contribution is -0.143. The summed E-state index contributed by atoms with van der Waals surface area (Å²) in [6.07, 6.45) is 82.1. The van der Waals surface area contributed by atoms with E-state index in [0.717, 1.165) is 51.4 Å². The van der Waals surface area contributed by atoms with Crippen molar-refractivity contribution >= 4 is 11.9 Å². The van der Waals surface area contributed by atoms with Gasteiger partial charge < -0.3 is 20.3 Å². The zero-order valence-electron chi connectivity index (χ0n) is 50.5. The molecule has 0 spiro atoms. The number of unbranched alkanes of at least 4 members (excludes halogenated alkanes) is 48. The number of esters is 1. The molecule has 0 aromatic rings. The lowest BCUT2D eigenvalue weighted by atomic mass is 10.0. The second-order valence-corrected chi connectivity index (χ2v) is 23.2. The van der Waals surface area contributed by atoms with Gasteiger partial charge in [-0.3, -0.25) is 9.59 Å². The molecule has 6 nitrogen and oxygen atoms in total. The van der Waals surface area contributed by atoms with E-state index < -0.39 is 12.1 Å². The molecule has 0 radical (unpaired) electrons. The second-order valence-electron chi connectivity index (χ2n) is 23.2. The molecule has 3 N–H and O–H groups in total. The fourth-order valence-corrected chi connectivity index (χ4v) is 10.5. The van der Waals surface area contributed by atoms with E-state index in [9.17, 15) is 19.8 Å². The molecule has 0 saturated carbocycles. The number of carbonyl (C=O) groups is 2. The summed E-state index contributed by atoms with van der Waals surface area (Å²) >= 11 is 0. The van der Waals surface area contributed by atoms with Crippen molar-refractivity contribution in [3.63, 3.8) is 0 Å². The summed E-state index contributed by atoms with van der Waals surface area (Å²) in [5.41, 5.74) is 0. The van der Waals surface area contributed by atoms with Crippen molar-refractivity contribution < 1.29 is 24.5 Å². The monoisotopic (exact) mass is 1050 g/mol. The van der Waals surface area contributed by atoms with Crippen molar-refractivity contribution in [3.05, 3.63) is 36.5 Å². The summed E-state index contributed by atoms with van der Waals surface area (Å²) in [6, 6.07) is -0.626. The first-order valence-corrected chi connectivity index (χ1v) is 33.8. The molecule has 0 aliphatic rings. The first-order chi connectivity index (χ1) is 37.0. The molecule has 0 saturated heterocycles. The lowest BCUT2D eigenvalue weighted by Crippen LogP contribution is -2.45. The number of rotatable bonds is 63. The maximum atomic E-state index is 12.5. The first-order valence-electron chi connectivity index (χ1n) is 33.8. The van der Waals surface area contributed by atoms with Gasteiger partial charge in [0.15, 0.2) is 0 Å². The molecule has 442 valence electrons. The summed E-state index contributed by atoms with van der Waals surface area (Å²) in [4.78, 5) is 24.6. The lowest BCUT2D eigenvalue weighted by Gasteiger charge is -2.20. The molecule has 0 aromatic heterocycles. The van der Waals surface area contributed by atoms with E-state index in [1.807, 2.05) is 6.08 Å². The maximum absolute atomic E-state index is 12.5. The fraction of sp³-hybridized carbons (Fsp3) is 0.884. The highest BCUT2D eigenvalue weighted by molar-refractivity contribution is 5.76. The van der Waals surface area contributed by atoms with Crippen LogP contribution >= 0.6 is 0 Å². The highest BCUT2D eigenvalue weighted by atomic mass is 16.5. The van der Waals surface area contributed by atoms with Crippen molar-refractivity contribution in [1.82, 2.24) is 5.32 Å². The van der Waals surface area contributed by atoms with Crippen LogP contribution in [0.5, 0.6) is 0 Å². The molecule has 0 rings (SSSR count). The minimum absolute atomic E-state index is 0.0125. The van der Waals surface area contributed by atoms with Crippen molar-refractivity contribution in [2.24, 2.45) is 0 Å². The summed E-state index contributed by atoms with van der Waals surface area (Å²) in [5.74, 6) is -0.0524. The molecule has 0 aliphatic heterocycles. The van der Waals surface area contributed by atoms with Crippen LogP contribution in [0.25, 0.3) is 0 Å². The summed E-state index contributed by atoms with van der Waals surface area (Å²) in [6.45, 7) is 4.90. The van der Waals surface area contributed by atoms with Gasteiger partial charge in [0, 0.05) is 12.8 Å². The number of nitrogens with one attached hydrogen (secondary N) is 1. The van der Waals surface area contributed by atoms with Crippen LogP contribution in [-0.2, 0) is 14.3 Å². The Hall–Kier alpha value is -1.92. The van der Waals surface area contributed by atoms with Crippen molar-refractivity contribution in [3.8, 4) is 0 Å². The molecule has 0 heterocycles. The Morgan fingerprint density at radius 3 is 1.04 bits per heavy atom. The smallest absolute Gasteiger partial charge is 0.305 e. The predicted molar refractivity (Wildman–Crippen MR) is 329 cm³/mol. The van der Waals surface area contributed by atoms with Crippen LogP contribution in [0.15, 0.2) is 36.5 Å². The van der Waals surface area contributed by atoms with Crippen LogP contribution in [0, 0.1) is 0 Å². The average molecular weight is 1050 g/mol. The Morgan fingerprint density at radius 1 is 0.373 bits per heavy atom. The highest BCUT2D eigenvalue weighted by Crippen LogP contribution is 2.18. The van der Waals surface area contributed by atoms with Gasteiger partial charge in [-0.05, 0) is 64.2 Å². The van der Waals surface area contributed by atoms with Gasteiger partial charge in [0.25, 0.3) is 0 Å². The Bertz CT molecular complexity index is 1210. The van der Waals surface area contributed by atoms with Crippen LogP contribution in [0.1, 0.15) is 367 Å².